The molecule has 1 aliphatic rings. The van der Waals surface area contributed by atoms with Crippen molar-refractivity contribution in [3.8, 4) is 22.8 Å². The van der Waals surface area contributed by atoms with E-state index in [4.69, 9.17) is 9.47 Å². The highest BCUT2D eigenvalue weighted by atomic mass is 32.1. The van der Waals surface area contributed by atoms with Crippen molar-refractivity contribution in [3.63, 3.8) is 0 Å². The molecule has 1 atom stereocenters. The van der Waals surface area contributed by atoms with Crippen LogP contribution in [0.15, 0.2) is 47.8 Å². The number of ether oxygens (including phenoxy) is 2. The maximum atomic E-state index is 13.0. The lowest BCUT2D eigenvalue weighted by molar-refractivity contribution is -0.128. The van der Waals surface area contributed by atoms with Crippen LogP contribution in [0.4, 0.5) is 11.4 Å². The fourth-order valence-electron chi connectivity index (χ4n) is 3.42. The molecule has 2 heterocycles. The van der Waals surface area contributed by atoms with Gasteiger partial charge in [-0.15, -0.1) is 11.3 Å². The van der Waals surface area contributed by atoms with Crippen molar-refractivity contribution >= 4 is 34.5 Å². The summed E-state index contributed by atoms with van der Waals surface area (Å²) < 4.78 is 11.0. The Kier molecular flexibility index (Phi) is 5.90. The summed E-state index contributed by atoms with van der Waals surface area (Å²) in [6.07, 6.45) is -0.101. The third kappa shape index (κ3) is 4.39. The summed E-state index contributed by atoms with van der Waals surface area (Å²) in [5, 5.41) is 5.76. The predicted octanol–water partition coefficient (Wildman–Crippen LogP) is 4.27. The quantitative estimate of drug-likeness (QED) is 0.623. The first kappa shape index (κ1) is 20.9. The van der Waals surface area contributed by atoms with Crippen molar-refractivity contribution in [1.82, 2.24) is 4.98 Å². The first-order chi connectivity index (χ1) is 15.0. The van der Waals surface area contributed by atoms with Gasteiger partial charge in [0, 0.05) is 16.6 Å². The molecule has 0 fully saturated rings. The average Bonchev–Trinajstić information content (AvgIpc) is 3.22. The maximum absolute atomic E-state index is 13.0. The van der Waals surface area contributed by atoms with E-state index < -0.39 is 6.10 Å². The van der Waals surface area contributed by atoms with Gasteiger partial charge < -0.3 is 14.8 Å². The predicted molar refractivity (Wildman–Crippen MR) is 121 cm³/mol. The SMILES string of the molecule is CCC1Oc2ccc(-c3csc(C)n3)cc2N(CC(=O)Nc2ccc(OC)cc2)C1=O. The number of benzene rings is 2. The Morgan fingerprint density at radius 3 is 2.68 bits per heavy atom. The topological polar surface area (TPSA) is 80.8 Å². The zero-order chi connectivity index (χ0) is 22.0. The Bertz CT molecular complexity index is 1110. The number of anilines is 2. The Labute approximate surface area is 184 Å². The van der Waals surface area contributed by atoms with Crippen LogP contribution in [0.3, 0.4) is 0 Å². The largest absolute Gasteiger partial charge is 0.497 e. The lowest BCUT2D eigenvalue weighted by Gasteiger charge is -2.34. The molecule has 31 heavy (non-hydrogen) atoms. The van der Waals surface area contributed by atoms with E-state index in [1.807, 2.05) is 37.4 Å². The van der Waals surface area contributed by atoms with Gasteiger partial charge in [-0.05, 0) is 55.8 Å². The number of thiazole rings is 1. The summed E-state index contributed by atoms with van der Waals surface area (Å²) in [5.41, 5.74) is 2.90. The van der Waals surface area contributed by atoms with Crippen LogP contribution in [0.2, 0.25) is 0 Å². The van der Waals surface area contributed by atoms with Crippen molar-refractivity contribution in [1.29, 1.82) is 0 Å². The Hall–Kier alpha value is -3.39. The van der Waals surface area contributed by atoms with Gasteiger partial charge in [-0.3, -0.25) is 14.5 Å². The molecule has 3 aromatic rings. The molecule has 0 saturated carbocycles. The molecule has 4 rings (SSSR count). The van der Waals surface area contributed by atoms with Crippen LogP contribution in [-0.2, 0) is 9.59 Å². The monoisotopic (exact) mass is 437 g/mol. The van der Waals surface area contributed by atoms with Gasteiger partial charge in [-0.25, -0.2) is 4.98 Å². The Balaban J connectivity index is 1.60. The third-order valence-electron chi connectivity index (χ3n) is 5.02. The molecule has 0 saturated heterocycles. The number of carbonyl (C=O) groups is 2. The van der Waals surface area contributed by atoms with E-state index in [2.05, 4.69) is 10.3 Å². The van der Waals surface area contributed by atoms with Gasteiger partial charge in [0.2, 0.25) is 5.91 Å². The highest BCUT2D eigenvalue weighted by Crippen LogP contribution is 2.38. The highest BCUT2D eigenvalue weighted by Gasteiger charge is 2.34. The minimum absolute atomic E-state index is 0.114. The van der Waals surface area contributed by atoms with Crippen LogP contribution in [-0.4, -0.2) is 36.6 Å². The molecule has 0 aliphatic carbocycles. The summed E-state index contributed by atoms with van der Waals surface area (Å²) in [6, 6.07) is 12.6. The third-order valence-corrected chi connectivity index (χ3v) is 5.80. The van der Waals surface area contributed by atoms with E-state index in [1.165, 1.54) is 4.90 Å². The number of aromatic nitrogens is 1. The number of amides is 2. The number of nitrogens with one attached hydrogen (secondary N) is 1. The molecule has 2 aromatic carbocycles. The molecular formula is C23H23N3O4S. The molecule has 1 aliphatic heterocycles. The standard InChI is InChI=1S/C23H23N3O4S/c1-4-20-23(28)26(12-22(27)25-16-6-8-17(29-3)9-7-16)19-11-15(5-10-21(19)30-20)18-13-31-14(2)24-18/h5-11,13,20H,4,12H2,1-3H3,(H,25,27). The van der Waals surface area contributed by atoms with E-state index >= 15 is 0 Å². The minimum Gasteiger partial charge on any atom is -0.497 e. The first-order valence-electron chi connectivity index (χ1n) is 9.97. The van der Waals surface area contributed by atoms with E-state index in [0.29, 0.717) is 29.3 Å². The molecular weight excluding hydrogens is 414 g/mol. The average molecular weight is 438 g/mol. The molecule has 0 bridgehead atoms. The molecule has 1 unspecified atom stereocenters. The van der Waals surface area contributed by atoms with Gasteiger partial charge in [0.25, 0.3) is 5.91 Å². The van der Waals surface area contributed by atoms with E-state index in [0.717, 1.165) is 16.3 Å². The van der Waals surface area contributed by atoms with Crippen LogP contribution in [0.1, 0.15) is 18.4 Å². The van der Waals surface area contributed by atoms with Gasteiger partial charge in [0.1, 0.15) is 18.0 Å². The molecule has 0 radical (unpaired) electrons. The second-order valence-electron chi connectivity index (χ2n) is 7.15. The molecule has 0 spiro atoms. The van der Waals surface area contributed by atoms with Gasteiger partial charge in [0.15, 0.2) is 6.10 Å². The van der Waals surface area contributed by atoms with E-state index in [9.17, 15) is 9.59 Å². The number of aryl methyl sites for hydroxylation is 1. The van der Waals surface area contributed by atoms with Gasteiger partial charge in [-0.2, -0.15) is 0 Å². The number of methoxy groups -OCH3 is 1. The van der Waals surface area contributed by atoms with Gasteiger partial charge >= 0.3 is 0 Å². The zero-order valence-electron chi connectivity index (χ0n) is 17.5. The summed E-state index contributed by atoms with van der Waals surface area (Å²) in [4.78, 5) is 31.8. The number of hydrogen-bond acceptors (Lipinski definition) is 6. The Morgan fingerprint density at radius 1 is 1.26 bits per heavy atom. The lowest BCUT2D eigenvalue weighted by Crippen LogP contribution is -2.48. The minimum atomic E-state index is -0.617. The van der Waals surface area contributed by atoms with Crippen molar-refractivity contribution in [2.45, 2.75) is 26.4 Å². The summed E-state index contributed by atoms with van der Waals surface area (Å²) >= 11 is 1.56. The van der Waals surface area contributed by atoms with Crippen LogP contribution >= 0.6 is 11.3 Å². The number of nitrogens with zero attached hydrogens (tertiary/aromatic N) is 2. The zero-order valence-corrected chi connectivity index (χ0v) is 18.4. The number of fused-ring (bicyclic) bond motifs is 1. The number of carbonyl (C=O) groups excluding carboxylic acids is 2. The normalized spacial score (nSPS) is 15.3. The maximum Gasteiger partial charge on any atom is 0.268 e. The van der Waals surface area contributed by atoms with E-state index in [1.54, 1.807) is 42.7 Å². The summed E-state index contributed by atoms with van der Waals surface area (Å²) in [6.45, 7) is 3.72. The lowest BCUT2D eigenvalue weighted by atomic mass is 10.1. The molecule has 7 nitrogen and oxygen atoms in total. The number of hydrogen-bond donors (Lipinski definition) is 1. The van der Waals surface area contributed by atoms with Crippen molar-refractivity contribution in [2.75, 3.05) is 23.9 Å². The molecule has 1 N–H and O–H groups in total. The highest BCUT2D eigenvalue weighted by molar-refractivity contribution is 7.09. The van der Waals surface area contributed by atoms with E-state index in [-0.39, 0.29) is 18.4 Å². The summed E-state index contributed by atoms with van der Waals surface area (Å²) in [7, 11) is 1.58. The first-order valence-corrected chi connectivity index (χ1v) is 10.8. The van der Waals surface area contributed by atoms with Crippen molar-refractivity contribution < 1.29 is 19.1 Å². The van der Waals surface area contributed by atoms with Crippen LogP contribution in [0.25, 0.3) is 11.3 Å². The second kappa shape index (κ2) is 8.77. The molecule has 1 aromatic heterocycles. The van der Waals surface area contributed by atoms with Crippen LogP contribution in [0, 0.1) is 6.92 Å². The van der Waals surface area contributed by atoms with Crippen LogP contribution < -0.4 is 19.7 Å². The van der Waals surface area contributed by atoms with Gasteiger partial charge in [-0.1, -0.05) is 6.92 Å². The smallest absolute Gasteiger partial charge is 0.268 e. The second-order valence-corrected chi connectivity index (χ2v) is 8.21. The van der Waals surface area contributed by atoms with Gasteiger partial charge in [0.05, 0.1) is 23.5 Å². The Morgan fingerprint density at radius 2 is 2.03 bits per heavy atom. The molecule has 160 valence electrons. The fraction of sp³-hybridized carbons (Fsp3) is 0.261. The van der Waals surface area contributed by atoms with Crippen molar-refractivity contribution in [2.24, 2.45) is 0 Å². The van der Waals surface area contributed by atoms with Crippen LogP contribution in [0.5, 0.6) is 11.5 Å². The number of rotatable bonds is 6. The summed E-state index contributed by atoms with van der Waals surface area (Å²) in [5.74, 6) is 0.757. The fourth-order valence-corrected chi connectivity index (χ4v) is 4.04. The molecule has 8 heteroatoms. The molecule has 2 amide bonds. The van der Waals surface area contributed by atoms with Crippen molar-refractivity contribution in [3.05, 3.63) is 52.9 Å².